The molecule has 1 aromatic carbocycles. The van der Waals surface area contributed by atoms with Gasteiger partial charge in [0.05, 0.1) is 5.69 Å². The molecule has 0 atom stereocenters. The van der Waals surface area contributed by atoms with Crippen molar-refractivity contribution in [2.45, 2.75) is 6.54 Å². The van der Waals surface area contributed by atoms with Crippen molar-refractivity contribution in [3.63, 3.8) is 0 Å². The summed E-state index contributed by atoms with van der Waals surface area (Å²) in [7, 11) is 0. The van der Waals surface area contributed by atoms with Crippen LogP contribution in [0.5, 0.6) is 0 Å². The van der Waals surface area contributed by atoms with Crippen molar-refractivity contribution in [3.8, 4) is 0 Å². The topological polar surface area (TPSA) is 46.9 Å². The van der Waals surface area contributed by atoms with Crippen molar-refractivity contribution in [1.29, 1.82) is 0 Å². The number of nitrogens with zero attached hydrogens (tertiary/aromatic N) is 2. The minimum absolute atomic E-state index is 0.0842. The van der Waals surface area contributed by atoms with Crippen molar-refractivity contribution in [2.24, 2.45) is 0 Å². The molecule has 1 aromatic heterocycles. The van der Waals surface area contributed by atoms with Crippen LogP contribution in [-0.4, -0.2) is 15.5 Å². The maximum atomic E-state index is 13.3. The van der Waals surface area contributed by atoms with E-state index in [2.05, 4.69) is 10.3 Å². The van der Waals surface area contributed by atoms with Crippen LogP contribution in [0.2, 0.25) is 5.28 Å². The molecule has 2 rings (SSSR count). The molecule has 4 nitrogen and oxygen atoms in total. The number of carbonyl (C=O) groups is 1. The molecule has 100 valence electrons. The van der Waals surface area contributed by atoms with Gasteiger partial charge in [-0.1, -0.05) is 0 Å². The lowest BCUT2D eigenvalue weighted by Gasteiger charge is -2.08. The van der Waals surface area contributed by atoms with E-state index >= 15 is 0 Å². The number of hydrogen-bond donors (Lipinski definition) is 1. The highest BCUT2D eigenvalue weighted by Crippen LogP contribution is 2.19. The van der Waals surface area contributed by atoms with Gasteiger partial charge in [-0.2, -0.15) is 0 Å². The Bertz CT molecular complexity index is 630. The summed E-state index contributed by atoms with van der Waals surface area (Å²) in [5.74, 6) is -5.07. The molecular formula is C11H7ClF3N3O. The molecule has 0 saturated carbocycles. The fourth-order valence-electron chi connectivity index (χ4n) is 1.40. The summed E-state index contributed by atoms with van der Waals surface area (Å²) in [5, 5.41) is 2.20. The highest BCUT2D eigenvalue weighted by Gasteiger charge is 2.15. The Kier molecular flexibility index (Phi) is 3.75. The van der Waals surface area contributed by atoms with E-state index in [9.17, 15) is 18.0 Å². The van der Waals surface area contributed by atoms with Crippen LogP contribution in [0.4, 0.5) is 18.9 Å². The molecule has 1 amide bonds. The van der Waals surface area contributed by atoms with Gasteiger partial charge < -0.3 is 9.88 Å². The first-order valence-electron chi connectivity index (χ1n) is 5.09. The van der Waals surface area contributed by atoms with Crippen LogP contribution in [-0.2, 0) is 11.3 Å². The Hall–Kier alpha value is -2.02. The predicted octanol–water partition coefficient (Wildman–Crippen LogP) is 2.59. The van der Waals surface area contributed by atoms with Crippen LogP contribution < -0.4 is 5.32 Å². The average molecular weight is 290 g/mol. The number of halogens is 4. The Morgan fingerprint density at radius 2 is 2.05 bits per heavy atom. The fourth-order valence-corrected chi connectivity index (χ4v) is 1.57. The summed E-state index contributed by atoms with van der Waals surface area (Å²) in [4.78, 5) is 15.3. The summed E-state index contributed by atoms with van der Waals surface area (Å²) in [6.07, 6.45) is 2.83. The summed E-state index contributed by atoms with van der Waals surface area (Å²) < 4.78 is 40.2. The van der Waals surface area contributed by atoms with Crippen LogP contribution in [0, 0.1) is 17.5 Å². The molecular weight excluding hydrogens is 283 g/mol. The molecule has 0 unspecified atom stereocenters. The van der Waals surface area contributed by atoms with Crippen molar-refractivity contribution in [2.75, 3.05) is 5.32 Å². The summed E-state index contributed by atoms with van der Waals surface area (Å²) in [5.41, 5.74) is -0.444. The molecule has 2 aromatic rings. The first-order chi connectivity index (χ1) is 8.99. The van der Waals surface area contributed by atoms with E-state index in [1.54, 1.807) is 0 Å². The van der Waals surface area contributed by atoms with Gasteiger partial charge >= 0.3 is 0 Å². The summed E-state index contributed by atoms with van der Waals surface area (Å²) in [6, 6.07) is 1.65. The number of benzene rings is 1. The first kappa shape index (κ1) is 13.4. The third-order valence-electron chi connectivity index (χ3n) is 2.29. The Morgan fingerprint density at radius 3 is 2.68 bits per heavy atom. The molecule has 0 aliphatic heterocycles. The minimum atomic E-state index is -1.64. The van der Waals surface area contributed by atoms with Crippen molar-refractivity contribution < 1.29 is 18.0 Å². The number of imidazole rings is 1. The Morgan fingerprint density at radius 1 is 1.32 bits per heavy atom. The predicted molar refractivity (Wildman–Crippen MR) is 62.2 cm³/mol. The third-order valence-corrected chi connectivity index (χ3v) is 2.60. The van der Waals surface area contributed by atoms with E-state index < -0.39 is 29.0 Å². The number of aromatic nitrogens is 2. The van der Waals surface area contributed by atoms with Crippen molar-refractivity contribution in [3.05, 3.63) is 47.3 Å². The van der Waals surface area contributed by atoms with Gasteiger partial charge in [0.15, 0.2) is 17.5 Å². The van der Waals surface area contributed by atoms with Crippen LogP contribution in [0.25, 0.3) is 0 Å². The van der Waals surface area contributed by atoms with Gasteiger partial charge in [-0.25, -0.2) is 18.2 Å². The van der Waals surface area contributed by atoms with Crippen LogP contribution in [0.3, 0.4) is 0 Å². The maximum absolute atomic E-state index is 13.3. The molecule has 0 fully saturated rings. The van der Waals surface area contributed by atoms with E-state index in [1.807, 2.05) is 0 Å². The molecule has 0 aliphatic carbocycles. The normalized spacial score (nSPS) is 10.5. The van der Waals surface area contributed by atoms with E-state index in [-0.39, 0.29) is 11.8 Å². The quantitative estimate of drug-likeness (QED) is 0.883. The number of hydrogen-bond acceptors (Lipinski definition) is 2. The van der Waals surface area contributed by atoms with Crippen LogP contribution in [0.1, 0.15) is 0 Å². The summed E-state index contributed by atoms with van der Waals surface area (Å²) >= 11 is 5.65. The molecule has 8 heteroatoms. The molecule has 1 heterocycles. The molecule has 0 bridgehead atoms. The Balaban J connectivity index is 2.12. The van der Waals surface area contributed by atoms with E-state index in [0.29, 0.717) is 0 Å². The zero-order valence-corrected chi connectivity index (χ0v) is 10.1. The lowest BCUT2D eigenvalue weighted by Crippen LogP contribution is -2.19. The second-order valence-electron chi connectivity index (χ2n) is 3.60. The second kappa shape index (κ2) is 5.31. The lowest BCUT2D eigenvalue weighted by molar-refractivity contribution is -0.116. The largest absolute Gasteiger partial charge is 0.322 e. The number of nitrogens with one attached hydrogen (secondary N) is 1. The maximum Gasteiger partial charge on any atom is 0.244 e. The molecule has 0 aliphatic rings. The number of anilines is 1. The molecule has 19 heavy (non-hydrogen) atoms. The smallest absolute Gasteiger partial charge is 0.244 e. The fraction of sp³-hybridized carbons (Fsp3) is 0.0909. The standard InChI is InChI=1S/C11H7ClF3N3O/c12-11-16-3-4-18(11)5-8(19)17-7-2-1-6(13)9(14)10(7)15/h1-4H,5H2,(H,17,19). The minimum Gasteiger partial charge on any atom is -0.322 e. The van der Waals surface area contributed by atoms with Gasteiger partial charge in [-0.3, -0.25) is 4.79 Å². The number of rotatable bonds is 3. The van der Waals surface area contributed by atoms with Crippen molar-refractivity contribution >= 4 is 23.2 Å². The average Bonchev–Trinajstić information content (AvgIpc) is 2.76. The van der Waals surface area contributed by atoms with Crippen molar-refractivity contribution in [1.82, 2.24) is 9.55 Å². The molecule has 0 spiro atoms. The number of carbonyl (C=O) groups excluding carboxylic acids is 1. The first-order valence-corrected chi connectivity index (χ1v) is 5.47. The summed E-state index contributed by atoms with van der Waals surface area (Å²) in [6.45, 7) is -0.225. The van der Waals surface area contributed by atoms with E-state index in [4.69, 9.17) is 11.6 Å². The van der Waals surface area contributed by atoms with E-state index in [1.165, 1.54) is 17.0 Å². The van der Waals surface area contributed by atoms with Gasteiger partial charge in [0, 0.05) is 12.4 Å². The third kappa shape index (κ3) is 2.87. The number of amides is 1. The van der Waals surface area contributed by atoms with Gasteiger partial charge in [0.1, 0.15) is 6.54 Å². The van der Waals surface area contributed by atoms with Gasteiger partial charge in [-0.15, -0.1) is 0 Å². The molecule has 0 radical (unpaired) electrons. The monoisotopic (exact) mass is 289 g/mol. The molecule has 1 N–H and O–H groups in total. The van der Waals surface area contributed by atoms with Gasteiger partial charge in [-0.05, 0) is 23.7 Å². The van der Waals surface area contributed by atoms with Gasteiger partial charge in [0.25, 0.3) is 0 Å². The zero-order valence-electron chi connectivity index (χ0n) is 9.33. The second-order valence-corrected chi connectivity index (χ2v) is 3.93. The SMILES string of the molecule is O=C(Cn1ccnc1Cl)Nc1ccc(F)c(F)c1F. The zero-order chi connectivity index (χ0) is 14.0. The van der Waals surface area contributed by atoms with Crippen LogP contribution >= 0.6 is 11.6 Å². The van der Waals surface area contributed by atoms with E-state index in [0.717, 1.165) is 12.1 Å². The highest BCUT2D eigenvalue weighted by molar-refractivity contribution is 6.28. The lowest BCUT2D eigenvalue weighted by atomic mass is 10.2. The molecule has 0 saturated heterocycles. The van der Waals surface area contributed by atoms with Gasteiger partial charge in [0.2, 0.25) is 11.2 Å². The highest BCUT2D eigenvalue weighted by atomic mass is 35.5. The van der Waals surface area contributed by atoms with Crippen LogP contribution in [0.15, 0.2) is 24.5 Å². The Labute approximate surface area is 110 Å².